The first-order valence-corrected chi connectivity index (χ1v) is 6.75. The Morgan fingerprint density at radius 2 is 1.71 bits per heavy atom. The molecule has 0 saturated carbocycles. The van der Waals surface area contributed by atoms with Crippen molar-refractivity contribution in [2.24, 2.45) is 5.84 Å². The number of benzene rings is 1. The molecule has 0 aromatic heterocycles. The van der Waals surface area contributed by atoms with Gasteiger partial charge in [0.05, 0.1) is 0 Å². The van der Waals surface area contributed by atoms with E-state index in [2.05, 4.69) is 5.43 Å². The first-order chi connectivity index (χ1) is 10.1. The summed E-state index contributed by atoms with van der Waals surface area (Å²) in [5, 5.41) is 0. The molecule has 7 nitrogen and oxygen atoms in total. The SMILES string of the molecule is CCN1CCN(Cc2ccc(C(=O)NN)cc2)C(=O)C1=O. The van der Waals surface area contributed by atoms with Crippen LogP contribution in [-0.2, 0) is 16.1 Å². The van der Waals surface area contributed by atoms with Crippen LogP contribution in [0.3, 0.4) is 0 Å². The fourth-order valence-electron chi connectivity index (χ4n) is 2.23. The lowest BCUT2D eigenvalue weighted by molar-refractivity contribution is -0.156. The minimum atomic E-state index is -0.480. The number of hydrogen-bond acceptors (Lipinski definition) is 4. The number of hydrogen-bond donors (Lipinski definition) is 2. The maximum absolute atomic E-state index is 12.0. The van der Waals surface area contributed by atoms with Gasteiger partial charge in [-0.15, -0.1) is 0 Å². The number of piperazine rings is 1. The molecule has 0 radical (unpaired) electrons. The molecule has 2 rings (SSSR count). The van der Waals surface area contributed by atoms with Crippen LogP contribution in [-0.4, -0.2) is 47.2 Å². The van der Waals surface area contributed by atoms with Crippen LogP contribution in [0, 0.1) is 0 Å². The molecule has 1 heterocycles. The van der Waals surface area contributed by atoms with Crippen LogP contribution in [0.4, 0.5) is 0 Å². The molecule has 21 heavy (non-hydrogen) atoms. The largest absolute Gasteiger partial charge is 0.333 e. The first kappa shape index (κ1) is 15.0. The number of nitrogens with two attached hydrogens (primary N) is 1. The molecule has 0 atom stereocenters. The average Bonchev–Trinajstić information content (AvgIpc) is 2.52. The van der Waals surface area contributed by atoms with Crippen molar-refractivity contribution in [3.05, 3.63) is 35.4 Å². The minimum Gasteiger partial charge on any atom is -0.333 e. The van der Waals surface area contributed by atoms with E-state index in [0.29, 0.717) is 31.7 Å². The van der Waals surface area contributed by atoms with E-state index < -0.39 is 11.8 Å². The Balaban J connectivity index is 2.03. The van der Waals surface area contributed by atoms with E-state index in [1.54, 1.807) is 24.3 Å². The Bertz CT molecular complexity index is 556. The molecular weight excluding hydrogens is 272 g/mol. The maximum atomic E-state index is 12.0. The van der Waals surface area contributed by atoms with Crippen molar-refractivity contribution >= 4 is 17.7 Å². The van der Waals surface area contributed by atoms with Crippen LogP contribution < -0.4 is 11.3 Å². The highest BCUT2D eigenvalue weighted by atomic mass is 16.2. The molecule has 1 aliphatic rings. The fourth-order valence-corrected chi connectivity index (χ4v) is 2.23. The number of carbonyl (C=O) groups is 3. The van der Waals surface area contributed by atoms with Crippen LogP contribution in [0.15, 0.2) is 24.3 Å². The Morgan fingerprint density at radius 1 is 1.14 bits per heavy atom. The Morgan fingerprint density at radius 3 is 2.29 bits per heavy atom. The van der Waals surface area contributed by atoms with E-state index >= 15 is 0 Å². The first-order valence-electron chi connectivity index (χ1n) is 6.75. The lowest BCUT2D eigenvalue weighted by atomic mass is 10.1. The predicted octanol–water partition coefficient (Wildman–Crippen LogP) is -0.519. The van der Waals surface area contributed by atoms with Gasteiger partial charge < -0.3 is 9.80 Å². The highest BCUT2D eigenvalue weighted by molar-refractivity contribution is 6.35. The Kier molecular flexibility index (Phi) is 4.54. The van der Waals surface area contributed by atoms with Gasteiger partial charge in [-0.3, -0.25) is 19.8 Å². The van der Waals surface area contributed by atoms with Crippen molar-refractivity contribution in [3.63, 3.8) is 0 Å². The topological polar surface area (TPSA) is 95.7 Å². The zero-order valence-corrected chi connectivity index (χ0v) is 11.8. The molecule has 0 aliphatic carbocycles. The van der Waals surface area contributed by atoms with Gasteiger partial charge in [0.15, 0.2) is 0 Å². The molecule has 1 aliphatic heterocycles. The molecule has 1 saturated heterocycles. The maximum Gasteiger partial charge on any atom is 0.312 e. The smallest absolute Gasteiger partial charge is 0.312 e. The van der Waals surface area contributed by atoms with Gasteiger partial charge in [-0.2, -0.15) is 0 Å². The second-order valence-corrected chi connectivity index (χ2v) is 4.78. The summed E-state index contributed by atoms with van der Waals surface area (Å²) in [6.07, 6.45) is 0. The molecule has 112 valence electrons. The van der Waals surface area contributed by atoms with Crippen molar-refractivity contribution in [1.29, 1.82) is 0 Å². The van der Waals surface area contributed by atoms with E-state index in [1.807, 2.05) is 6.92 Å². The number of carbonyl (C=O) groups excluding carboxylic acids is 3. The van der Waals surface area contributed by atoms with Crippen molar-refractivity contribution in [1.82, 2.24) is 15.2 Å². The van der Waals surface area contributed by atoms with Gasteiger partial charge in [0.1, 0.15) is 0 Å². The minimum absolute atomic E-state index is 0.354. The van der Waals surface area contributed by atoms with Gasteiger partial charge in [-0.25, -0.2) is 5.84 Å². The average molecular weight is 290 g/mol. The summed E-state index contributed by atoms with van der Waals surface area (Å²) in [5.74, 6) is 3.75. The molecule has 1 aromatic rings. The zero-order chi connectivity index (χ0) is 15.4. The lowest BCUT2D eigenvalue weighted by Gasteiger charge is -2.33. The van der Waals surface area contributed by atoms with Crippen molar-refractivity contribution in [3.8, 4) is 0 Å². The predicted molar refractivity (Wildman–Crippen MR) is 75.8 cm³/mol. The van der Waals surface area contributed by atoms with Crippen LogP contribution >= 0.6 is 0 Å². The third kappa shape index (κ3) is 3.19. The molecule has 7 heteroatoms. The fraction of sp³-hybridized carbons (Fsp3) is 0.357. The molecule has 0 unspecified atom stereocenters. The van der Waals surface area contributed by atoms with Gasteiger partial charge in [-0.05, 0) is 24.6 Å². The molecule has 1 aromatic carbocycles. The van der Waals surface area contributed by atoms with Gasteiger partial charge in [0, 0.05) is 31.7 Å². The monoisotopic (exact) mass is 290 g/mol. The number of amides is 3. The number of nitrogens with one attached hydrogen (secondary N) is 1. The summed E-state index contributed by atoms with van der Waals surface area (Å²) < 4.78 is 0. The highest BCUT2D eigenvalue weighted by Crippen LogP contribution is 2.11. The summed E-state index contributed by atoms with van der Waals surface area (Å²) in [5.41, 5.74) is 3.35. The second-order valence-electron chi connectivity index (χ2n) is 4.78. The molecule has 0 spiro atoms. The number of hydrazine groups is 1. The molecular formula is C14H18N4O3. The van der Waals surface area contributed by atoms with Gasteiger partial charge >= 0.3 is 11.8 Å². The number of likely N-dealkylation sites (N-methyl/N-ethyl adjacent to an activating group) is 1. The Labute approximate surface area is 122 Å². The van der Waals surface area contributed by atoms with Crippen molar-refractivity contribution in [2.45, 2.75) is 13.5 Å². The lowest BCUT2D eigenvalue weighted by Crippen LogP contribution is -2.53. The number of nitrogens with zero attached hydrogens (tertiary/aromatic N) is 2. The van der Waals surface area contributed by atoms with E-state index in [9.17, 15) is 14.4 Å². The summed E-state index contributed by atoms with van der Waals surface area (Å²) in [6.45, 7) is 3.81. The Hall–Kier alpha value is -2.41. The third-order valence-corrected chi connectivity index (χ3v) is 3.50. The molecule has 3 N–H and O–H groups in total. The summed E-state index contributed by atoms with van der Waals surface area (Å²) in [7, 11) is 0. The van der Waals surface area contributed by atoms with Crippen LogP contribution in [0.2, 0.25) is 0 Å². The normalized spacial score (nSPS) is 15.3. The van der Waals surface area contributed by atoms with Gasteiger partial charge in [-0.1, -0.05) is 12.1 Å². The third-order valence-electron chi connectivity index (χ3n) is 3.50. The van der Waals surface area contributed by atoms with Crippen LogP contribution in [0.5, 0.6) is 0 Å². The van der Waals surface area contributed by atoms with Crippen LogP contribution in [0.25, 0.3) is 0 Å². The number of nitrogen functional groups attached to an aromatic ring is 1. The summed E-state index contributed by atoms with van der Waals surface area (Å²) in [6, 6.07) is 6.75. The second kappa shape index (κ2) is 6.36. The van der Waals surface area contributed by atoms with E-state index in [0.717, 1.165) is 5.56 Å². The van der Waals surface area contributed by atoms with E-state index in [-0.39, 0.29) is 5.91 Å². The molecule has 1 fully saturated rings. The summed E-state index contributed by atoms with van der Waals surface area (Å²) >= 11 is 0. The van der Waals surface area contributed by atoms with Crippen molar-refractivity contribution < 1.29 is 14.4 Å². The summed E-state index contributed by atoms with van der Waals surface area (Å²) in [4.78, 5) is 38.2. The standard InChI is InChI=1S/C14H18N4O3/c1-2-17-7-8-18(14(21)13(17)20)9-10-3-5-11(6-4-10)12(19)16-15/h3-6H,2,7-9,15H2,1H3,(H,16,19). The zero-order valence-electron chi connectivity index (χ0n) is 11.8. The quantitative estimate of drug-likeness (QED) is 0.337. The highest BCUT2D eigenvalue weighted by Gasteiger charge is 2.31. The van der Waals surface area contributed by atoms with E-state index in [1.165, 1.54) is 9.80 Å². The van der Waals surface area contributed by atoms with Gasteiger partial charge in [0.25, 0.3) is 5.91 Å². The van der Waals surface area contributed by atoms with Crippen molar-refractivity contribution in [2.75, 3.05) is 19.6 Å². The van der Waals surface area contributed by atoms with E-state index in [4.69, 9.17) is 5.84 Å². The molecule has 0 bridgehead atoms. The van der Waals surface area contributed by atoms with Gasteiger partial charge in [0.2, 0.25) is 0 Å². The number of rotatable bonds is 4. The van der Waals surface area contributed by atoms with Crippen LogP contribution in [0.1, 0.15) is 22.8 Å². The molecule has 3 amide bonds.